The van der Waals surface area contributed by atoms with Crippen molar-refractivity contribution in [2.75, 3.05) is 13.1 Å². The lowest BCUT2D eigenvalue weighted by atomic mass is 10.2. The Bertz CT molecular complexity index is 530. The molecule has 0 unspecified atom stereocenters. The van der Waals surface area contributed by atoms with Crippen molar-refractivity contribution in [3.63, 3.8) is 0 Å². The molecular formula is C15H19ClFNO3. The van der Waals surface area contributed by atoms with Gasteiger partial charge in [-0.2, -0.15) is 0 Å². The Labute approximate surface area is 128 Å². The molecule has 1 aliphatic rings. The van der Waals surface area contributed by atoms with Gasteiger partial charge in [-0.3, -0.25) is 0 Å². The molecule has 1 fully saturated rings. The van der Waals surface area contributed by atoms with E-state index in [1.54, 1.807) is 11.0 Å². The second kappa shape index (κ2) is 6.10. The summed E-state index contributed by atoms with van der Waals surface area (Å²) in [5.41, 5.74) is -0.519. The second-order valence-electron chi connectivity index (χ2n) is 6.03. The van der Waals surface area contributed by atoms with Crippen LogP contribution in [-0.2, 0) is 4.74 Å². The summed E-state index contributed by atoms with van der Waals surface area (Å²) in [5, 5.41) is 0.0594. The van der Waals surface area contributed by atoms with Crippen molar-refractivity contribution in [2.45, 2.75) is 38.9 Å². The van der Waals surface area contributed by atoms with Gasteiger partial charge < -0.3 is 14.4 Å². The standard InChI is InChI=1S/C15H19ClFNO3/c1-15(2,3)21-14(19)18-7-6-11(9-18)20-10-4-5-12(16)13(17)8-10/h4-5,8,11H,6-7,9H2,1-3H3/t11-/m1/s1. The molecule has 1 aromatic rings. The van der Waals surface area contributed by atoms with Crippen molar-refractivity contribution >= 4 is 17.7 Å². The molecule has 0 radical (unpaired) electrons. The first kappa shape index (κ1) is 15.9. The Morgan fingerprint density at radius 3 is 2.76 bits per heavy atom. The van der Waals surface area contributed by atoms with Gasteiger partial charge in [0.15, 0.2) is 0 Å². The summed E-state index contributed by atoms with van der Waals surface area (Å²) >= 11 is 5.62. The number of nitrogens with zero attached hydrogens (tertiary/aromatic N) is 1. The summed E-state index contributed by atoms with van der Waals surface area (Å²) in [5.74, 6) is -0.107. The van der Waals surface area contributed by atoms with Crippen molar-refractivity contribution in [3.05, 3.63) is 29.0 Å². The van der Waals surface area contributed by atoms with Crippen molar-refractivity contribution in [1.29, 1.82) is 0 Å². The lowest BCUT2D eigenvalue weighted by Crippen LogP contribution is -2.36. The number of amides is 1. The number of hydrogen-bond donors (Lipinski definition) is 0. The van der Waals surface area contributed by atoms with Crippen LogP contribution in [-0.4, -0.2) is 35.8 Å². The highest BCUT2D eigenvalue weighted by Crippen LogP contribution is 2.24. The van der Waals surface area contributed by atoms with Gasteiger partial charge in [-0.05, 0) is 32.9 Å². The first-order valence-electron chi connectivity index (χ1n) is 6.84. The van der Waals surface area contributed by atoms with Gasteiger partial charge in [0, 0.05) is 19.0 Å². The molecule has 1 aromatic carbocycles. The highest BCUT2D eigenvalue weighted by atomic mass is 35.5. The molecule has 0 saturated carbocycles. The summed E-state index contributed by atoms with van der Waals surface area (Å²) in [4.78, 5) is 13.5. The maximum absolute atomic E-state index is 13.3. The first-order chi connectivity index (χ1) is 9.74. The molecule has 1 amide bonds. The zero-order valence-corrected chi connectivity index (χ0v) is 13.1. The SMILES string of the molecule is CC(C)(C)OC(=O)N1CC[C@@H](Oc2ccc(Cl)c(F)c2)C1. The molecule has 21 heavy (non-hydrogen) atoms. The quantitative estimate of drug-likeness (QED) is 0.831. The average molecular weight is 316 g/mol. The van der Waals surface area contributed by atoms with E-state index in [4.69, 9.17) is 21.1 Å². The van der Waals surface area contributed by atoms with Crippen LogP contribution >= 0.6 is 11.6 Å². The Morgan fingerprint density at radius 2 is 2.14 bits per heavy atom. The predicted molar refractivity (Wildman–Crippen MR) is 78.3 cm³/mol. The van der Waals surface area contributed by atoms with Gasteiger partial charge in [-0.1, -0.05) is 11.6 Å². The number of benzene rings is 1. The third-order valence-corrected chi connectivity index (χ3v) is 3.30. The maximum atomic E-state index is 13.3. The molecule has 2 rings (SSSR count). The van der Waals surface area contributed by atoms with E-state index in [0.29, 0.717) is 25.3 Å². The molecule has 0 aromatic heterocycles. The van der Waals surface area contributed by atoms with Crippen LogP contribution < -0.4 is 4.74 Å². The third kappa shape index (κ3) is 4.49. The van der Waals surface area contributed by atoms with Crippen LogP contribution in [0.1, 0.15) is 27.2 Å². The normalized spacial score (nSPS) is 18.7. The number of rotatable bonds is 2. The molecule has 4 nitrogen and oxygen atoms in total. The minimum atomic E-state index is -0.519. The molecule has 0 spiro atoms. The zero-order chi connectivity index (χ0) is 15.6. The summed E-state index contributed by atoms with van der Waals surface area (Å²) in [6.07, 6.45) is 0.165. The van der Waals surface area contributed by atoms with Crippen molar-refractivity contribution < 1.29 is 18.7 Å². The number of ether oxygens (including phenoxy) is 2. The average Bonchev–Trinajstić information content (AvgIpc) is 2.80. The highest BCUT2D eigenvalue weighted by Gasteiger charge is 2.30. The van der Waals surface area contributed by atoms with E-state index in [-0.39, 0.29) is 17.2 Å². The van der Waals surface area contributed by atoms with Crippen LogP contribution in [0, 0.1) is 5.82 Å². The molecule has 1 aliphatic heterocycles. The fourth-order valence-electron chi connectivity index (χ4n) is 2.06. The monoisotopic (exact) mass is 315 g/mol. The summed E-state index contributed by atoms with van der Waals surface area (Å²) in [6, 6.07) is 4.31. The fourth-order valence-corrected chi connectivity index (χ4v) is 2.18. The van der Waals surface area contributed by atoms with Gasteiger partial charge in [0.05, 0.1) is 11.6 Å². The number of hydrogen-bond acceptors (Lipinski definition) is 3. The van der Waals surface area contributed by atoms with Crippen LogP contribution in [0.5, 0.6) is 5.75 Å². The molecule has 0 aliphatic carbocycles. The topological polar surface area (TPSA) is 38.8 Å². The van der Waals surface area contributed by atoms with E-state index in [1.807, 2.05) is 20.8 Å². The third-order valence-electron chi connectivity index (χ3n) is 2.99. The number of halogens is 2. The van der Waals surface area contributed by atoms with Crippen LogP contribution in [0.15, 0.2) is 18.2 Å². The number of carbonyl (C=O) groups excluding carboxylic acids is 1. The van der Waals surface area contributed by atoms with Crippen LogP contribution in [0.2, 0.25) is 5.02 Å². The Kier molecular flexibility index (Phi) is 4.61. The van der Waals surface area contributed by atoms with Crippen molar-refractivity contribution in [3.8, 4) is 5.75 Å². The summed E-state index contributed by atoms with van der Waals surface area (Å²) in [6.45, 7) is 6.47. The Morgan fingerprint density at radius 1 is 1.43 bits per heavy atom. The van der Waals surface area contributed by atoms with Gasteiger partial charge >= 0.3 is 6.09 Å². The van der Waals surface area contributed by atoms with Crippen LogP contribution in [0.4, 0.5) is 9.18 Å². The van der Waals surface area contributed by atoms with E-state index in [1.165, 1.54) is 12.1 Å². The van der Waals surface area contributed by atoms with Gasteiger partial charge in [0.25, 0.3) is 0 Å². The Balaban J connectivity index is 1.90. The van der Waals surface area contributed by atoms with E-state index in [2.05, 4.69) is 0 Å². The molecule has 116 valence electrons. The molecule has 1 atom stereocenters. The smallest absolute Gasteiger partial charge is 0.410 e. The number of likely N-dealkylation sites (tertiary alicyclic amines) is 1. The van der Waals surface area contributed by atoms with Crippen molar-refractivity contribution in [1.82, 2.24) is 4.90 Å². The van der Waals surface area contributed by atoms with Crippen LogP contribution in [0.3, 0.4) is 0 Å². The van der Waals surface area contributed by atoms with Crippen LogP contribution in [0.25, 0.3) is 0 Å². The Hall–Kier alpha value is -1.49. The molecule has 6 heteroatoms. The lowest BCUT2D eigenvalue weighted by Gasteiger charge is -2.24. The fraction of sp³-hybridized carbons (Fsp3) is 0.533. The van der Waals surface area contributed by atoms with Gasteiger partial charge in [0.2, 0.25) is 0 Å². The molecule has 0 bridgehead atoms. The summed E-state index contributed by atoms with van der Waals surface area (Å²) in [7, 11) is 0. The lowest BCUT2D eigenvalue weighted by molar-refractivity contribution is 0.0275. The second-order valence-corrected chi connectivity index (χ2v) is 6.44. The minimum absolute atomic E-state index is 0.0594. The molecule has 1 heterocycles. The van der Waals surface area contributed by atoms with E-state index in [0.717, 1.165) is 0 Å². The van der Waals surface area contributed by atoms with Crippen molar-refractivity contribution in [2.24, 2.45) is 0 Å². The molecule has 0 N–H and O–H groups in total. The predicted octanol–water partition coefficient (Wildman–Crippen LogP) is 3.87. The van der Waals surface area contributed by atoms with Gasteiger partial charge in [-0.25, -0.2) is 9.18 Å². The van der Waals surface area contributed by atoms with Gasteiger partial charge in [0.1, 0.15) is 23.3 Å². The molecular weight excluding hydrogens is 297 g/mol. The number of carbonyl (C=O) groups is 1. The van der Waals surface area contributed by atoms with E-state index < -0.39 is 11.4 Å². The summed E-state index contributed by atoms with van der Waals surface area (Å²) < 4.78 is 24.3. The minimum Gasteiger partial charge on any atom is -0.488 e. The largest absolute Gasteiger partial charge is 0.488 e. The maximum Gasteiger partial charge on any atom is 0.410 e. The molecule has 1 saturated heterocycles. The first-order valence-corrected chi connectivity index (χ1v) is 7.22. The van der Waals surface area contributed by atoms with E-state index in [9.17, 15) is 9.18 Å². The zero-order valence-electron chi connectivity index (χ0n) is 12.4. The highest BCUT2D eigenvalue weighted by molar-refractivity contribution is 6.30. The van der Waals surface area contributed by atoms with Gasteiger partial charge in [-0.15, -0.1) is 0 Å². The van der Waals surface area contributed by atoms with E-state index >= 15 is 0 Å².